The van der Waals surface area contributed by atoms with Crippen LogP contribution in [0.1, 0.15) is 12.7 Å². The Hall–Kier alpha value is -1.58. The molecule has 0 amide bonds. The molecule has 0 aliphatic heterocycles. The van der Waals surface area contributed by atoms with Crippen LogP contribution in [0.2, 0.25) is 0 Å². The Bertz CT molecular complexity index is 711. The second kappa shape index (κ2) is 5.81. The van der Waals surface area contributed by atoms with E-state index in [-0.39, 0.29) is 4.90 Å². The molecule has 0 radical (unpaired) electrons. The lowest BCUT2D eigenvalue weighted by Crippen LogP contribution is -2.23. The number of anilines is 1. The van der Waals surface area contributed by atoms with Crippen LogP contribution >= 0.6 is 11.8 Å². The molecule has 1 aromatic heterocycles. The molecule has 1 heterocycles. The highest BCUT2D eigenvalue weighted by molar-refractivity contribution is 7.99. The summed E-state index contributed by atoms with van der Waals surface area (Å²) in [6.07, 6.45) is 0. The summed E-state index contributed by atoms with van der Waals surface area (Å²) in [4.78, 5) is 4.92. The van der Waals surface area contributed by atoms with Crippen molar-refractivity contribution in [2.24, 2.45) is 0 Å². The Morgan fingerprint density at radius 1 is 1.45 bits per heavy atom. The lowest BCUT2D eigenvalue weighted by molar-refractivity contribution is 0.583. The Balaban J connectivity index is 2.34. The first-order valence-corrected chi connectivity index (χ1v) is 8.18. The summed E-state index contributed by atoms with van der Waals surface area (Å²) in [5.41, 5.74) is 6.34. The number of aromatic nitrogens is 3. The van der Waals surface area contributed by atoms with Gasteiger partial charge in [-0.25, -0.2) is 18.1 Å². The average Bonchev–Trinajstić information content (AvgIpc) is 2.77. The van der Waals surface area contributed by atoms with Crippen molar-refractivity contribution in [3.05, 3.63) is 24.0 Å². The third kappa shape index (κ3) is 3.30. The predicted molar refractivity (Wildman–Crippen MR) is 77.0 cm³/mol. The summed E-state index contributed by atoms with van der Waals surface area (Å²) in [5.74, 6) is 0.683. The van der Waals surface area contributed by atoms with Gasteiger partial charge in [-0.3, -0.25) is 5.10 Å². The molecule has 1 aromatic carbocycles. The zero-order chi connectivity index (χ0) is 14.8. The zero-order valence-corrected chi connectivity index (χ0v) is 12.7. The van der Waals surface area contributed by atoms with Crippen LogP contribution in [-0.4, -0.2) is 30.1 Å². The minimum Gasteiger partial charge on any atom is -0.398 e. The second-order valence-electron chi connectivity index (χ2n) is 4.01. The van der Waals surface area contributed by atoms with E-state index in [0.29, 0.717) is 28.1 Å². The van der Waals surface area contributed by atoms with Crippen molar-refractivity contribution in [3.8, 4) is 0 Å². The lowest BCUT2D eigenvalue weighted by atomic mass is 10.3. The fourth-order valence-electron chi connectivity index (χ4n) is 1.51. The van der Waals surface area contributed by atoms with Gasteiger partial charge < -0.3 is 5.73 Å². The summed E-state index contributed by atoms with van der Waals surface area (Å²) < 4.78 is 26.3. The Morgan fingerprint density at radius 3 is 2.80 bits per heavy atom. The standard InChI is InChI=1S/C11H15N5O2S2/c1-3-13-20(17,18)8-4-5-9(12)10(6-8)19-11-14-7(2)15-16-11/h4-6,13H,3,12H2,1-2H3,(H,14,15,16). The molecular formula is C11H15N5O2S2. The first-order valence-electron chi connectivity index (χ1n) is 5.88. The smallest absolute Gasteiger partial charge is 0.240 e. The van der Waals surface area contributed by atoms with Crippen molar-refractivity contribution in [2.45, 2.75) is 28.8 Å². The Kier molecular flexibility index (Phi) is 4.31. The summed E-state index contributed by atoms with van der Waals surface area (Å²) in [6, 6.07) is 4.55. The van der Waals surface area contributed by atoms with Gasteiger partial charge in [0.15, 0.2) is 0 Å². The fourth-order valence-corrected chi connectivity index (χ4v) is 3.49. The molecule has 0 aliphatic rings. The fraction of sp³-hybridized carbons (Fsp3) is 0.273. The van der Waals surface area contributed by atoms with Gasteiger partial charge in [0, 0.05) is 17.1 Å². The molecule has 7 nitrogen and oxygen atoms in total. The zero-order valence-electron chi connectivity index (χ0n) is 11.0. The number of hydrogen-bond acceptors (Lipinski definition) is 6. The van der Waals surface area contributed by atoms with E-state index >= 15 is 0 Å². The number of aryl methyl sites for hydroxylation is 1. The van der Waals surface area contributed by atoms with E-state index in [4.69, 9.17) is 5.73 Å². The first kappa shape index (κ1) is 14.8. The number of nitrogen functional groups attached to an aromatic ring is 1. The molecule has 0 saturated heterocycles. The van der Waals surface area contributed by atoms with Gasteiger partial charge in [0.1, 0.15) is 5.82 Å². The average molecular weight is 313 g/mol. The Morgan fingerprint density at radius 2 is 2.20 bits per heavy atom. The highest BCUT2D eigenvalue weighted by Crippen LogP contribution is 2.31. The van der Waals surface area contributed by atoms with Crippen LogP contribution in [0.25, 0.3) is 0 Å². The van der Waals surface area contributed by atoms with Crippen LogP contribution in [-0.2, 0) is 10.0 Å². The molecule has 9 heteroatoms. The number of sulfonamides is 1. The van der Waals surface area contributed by atoms with Crippen LogP contribution in [0, 0.1) is 6.92 Å². The third-order valence-corrected chi connectivity index (χ3v) is 4.89. The minimum absolute atomic E-state index is 0.170. The van der Waals surface area contributed by atoms with Crippen LogP contribution in [0.3, 0.4) is 0 Å². The molecule has 0 unspecified atom stereocenters. The third-order valence-electron chi connectivity index (χ3n) is 2.41. The molecule has 0 atom stereocenters. The number of nitrogens with zero attached hydrogens (tertiary/aromatic N) is 2. The van der Waals surface area contributed by atoms with E-state index in [1.165, 1.54) is 23.9 Å². The van der Waals surface area contributed by atoms with E-state index in [2.05, 4.69) is 19.9 Å². The molecule has 20 heavy (non-hydrogen) atoms. The summed E-state index contributed by atoms with van der Waals surface area (Å²) in [6.45, 7) is 3.84. The van der Waals surface area contributed by atoms with Gasteiger partial charge in [-0.05, 0) is 36.9 Å². The number of nitrogens with one attached hydrogen (secondary N) is 2. The van der Waals surface area contributed by atoms with Crippen molar-refractivity contribution in [1.29, 1.82) is 0 Å². The van der Waals surface area contributed by atoms with Crippen molar-refractivity contribution in [1.82, 2.24) is 19.9 Å². The Labute approximate surface area is 121 Å². The van der Waals surface area contributed by atoms with E-state index in [9.17, 15) is 8.42 Å². The largest absolute Gasteiger partial charge is 0.398 e. The summed E-state index contributed by atoms with van der Waals surface area (Å²) in [7, 11) is -3.50. The van der Waals surface area contributed by atoms with E-state index in [0.717, 1.165) is 0 Å². The molecule has 108 valence electrons. The van der Waals surface area contributed by atoms with Gasteiger partial charge in [-0.15, -0.1) is 5.10 Å². The van der Waals surface area contributed by atoms with Crippen LogP contribution < -0.4 is 10.5 Å². The van der Waals surface area contributed by atoms with Crippen LogP contribution in [0.4, 0.5) is 5.69 Å². The number of rotatable bonds is 5. The van der Waals surface area contributed by atoms with Crippen LogP contribution in [0.15, 0.2) is 33.1 Å². The monoisotopic (exact) mass is 313 g/mol. The highest BCUT2D eigenvalue weighted by Gasteiger charge is 2.15. The lowest BCUT2D eigenvalue weighted by Gasteiger charge is -2.08. The number of H-pyrrole nitrogens is 1. The van der Waals surface area contributed by atoms with E-state index < -0.39 is 10.0 Å². The predicted octanol–water partition coefficient (Wildman–Crippen LogP) is 1.14. The first-order chi connectivity index (χ1) is 9.42. The van der Waals surface area contributed by atoms with Gasteiger partial charge in [0.05, 0.1) is 4.90 Å². The summed E-state index contributed by atoms with van der Waals surface area (Å²) >= 11 is 1.21. The SMILES string of the molecule is CCNS(=O)(=O)c1ccc(N)c(Sc2n[nH]c(C)n2)c1. The minimum atomic E-state index is -3.50. The molecule has 0 bridgehead atoms. The molecular weight excluding hydrogens is 298 g/mol. The van der Waals surface area contributed by atoms with Gasteiger partial charge in [-0.2, -0.15) is 0 Å². The normalized spacial score (nSPS) is 11.7. The van der Waals surface area contributed by atoms with Crippen molar-refractivity contribution in [3.63, 3.8) is 0 Å². The maximum Gasteiger partial charge on any atom is 0.240 e. The quantitative estimate of drug-likeness (QED) is 0.713. The summed E-state index contributed by atoms with van der Waals surface area (Å²) in [5, 5.41) is 7.20. The second-order valence-corrected chi connectivity index (χ2v) is 6.78. The molecule has 0 saturated carbocycles. The maximum atomic E-state index is 12.0. The maximum absolute atomic E-state index is 12.0. The number of hydrogen-bond donors (Lipinski definition) is 3. The number of benzene rings is 1. The molecule has 0 fully saturated rings. The number of nitrogens with two attached hydrogens (primary N) is 1. The van der Waals surface area contributed by atoms with Crippen molar-refractivity contribution in [2.75, 3.05) is 12.3 Å². The molecule has 2 rings (SSSR count). The van der Waals surface area contributed by atoms with E-state index in [1.54, 1.807) is 19.9 Å². The van der Waals surface area contributed by atoms with Crippen molar-refractivity contribution < 1.29 is 8.42 Å². The molecule has 0 spiro atoms. The molecule has 4 N–H and O–H groups in total. The molecule has 0 aliphatic carbocycles. The van der Waals surface area contributed by atoms with Gasteiger partial charge in [0.2, 0.25) is 15.2 Å². The highest BCUT2D eigenvalue weighted by atomic mass is 32.2. The van der Waals surface area contributed by atoms with Gasteiger partial charge in [-0.1, -0.05) is 6.92 Å². The molecule has 2 aromatic rings. The van der Waals surface area contributed by atoms with E-state index in [1.807, 2.05) is 0 Å². The number of aromatic amines is 1. The van der Waals surface area contributed by atoms with Crippen LogP contribution in [0.5, 0.6) is 0 Å². The van der Waals surface area contributed by atoms with Crippen molar-refractivity contribution >= 4 is 27.5 Å². The van der Waals surface area contributed by atoms with Gasteiger partial charge in [0.25, 0.3) is 0 Å². The topological polar surface area (TPSA) is 114 Å². The van der Waals surface area contributed by atoms with Gasteiger partial charge >= 0.3 is 0 Å².